The molecular formula is C17H17ClINOS. The fraction of sp³-hybridized carbons (Fsp3) is 0.235. The number of hydrogen-bond donors (Lipinski definition) is 1. The Bertz CT molecular complexity index is 658. The molecule has 2 aromatic carbocycles. The second kappa shape index (κ2) is 8.22. The van der Waals surface area contributed by atoms with Crippen LogP contribution in [0.1, 0.15) is 25.3 Å². The summed E-state index contributed by atoms with van der Waals surface area (Å²) < 4.78 is 1.18. The van der Waals surface area contributed by atoms with E-state index in [4.69, 9.17) is 11.6 Å². The van der Waals surface area contributed by atoms with Crippen LogP contribution in [0, 0.1) is 3.57 Å². The molecule has 5 heteroatoms. The van der Waals surface area contributed by atoms with Crippen LogP contribution in [0.25, 0.3) is 0 Å². The highest BCUT2D eigenvalue weighted by molar-refractivity contribution is 14.1. The van der Waals surface area contributed by atoms with Crippen LogP contribution in [0.4, 0.5) is 5.69 Å². The topological polar surface area (TPSA) is 29.1 Å². The molecule has 0 spiro atoms. The Balaban J connectivity index is 1.99. The number of nitrogens with one attached hydrogen (secondary N) is 1. The molecule has 0 aliphatic carbocycles. The van der Waals surface area contributed by atoms with Crippen molar-refractivity contribution in [2.24, 2.45) is 0 Å². The molecule has 0 saturated carbocycles. The lowest BCUT2D eigenvalue weighted by Crippen LogP contribution is -2.15. The summed E-state index contributed by atoms with van der Waals surface area (Å²) in [6.07, 6.45) is 0. The molecular weight excluding hydrogens is 429 g/mol. The number of benzene rings is 2. The number of carbonyl (C=O) groups is 1. The summed E-state index contributed by atoms with van der Waals surface area (Å²) in [6, 6.07) is 13.6. The Morgan fingerprint density at radius 2 is 1.91 bits per heavy atom. The molecule has 1 amide bonds. The zero-order valence-corrected chi connectivity index (χ0v) is 16.1. The molecule has 0 saturated heterocycles. The Labute approximate surface area is 154 Å². The summed E-state index contributed by atoms with van der Waals surface area (Å²) in [6.45, 7) is 4.26. The lowest BCUT2D eigenvalue weighted by molar-refractivity contribution is -0.113. The molecule has 2 aromatic rings. The van der Waals surface area contributed by atoms with Gasteiger partial charge in [-0.05, 0) is 76.5 Å². The fourth-order valence-electron chi connectivity index (χ4n) is 1.99. The van der Waals surface area contributed by atoms with Crippen molar-refractivity contribution < 1.29 is 4.79 Å². The van der Waals surface area contributed by atoms with Gasteiger partial charge in [0.15, 0.2) is 0 Å². The van der Waals surface area contributed by atoms with Gasteiger partial charge in [-0.1, -0.05) is 25.4 Å². The van der Waals surface area contributed by atoms with Crippen molar-refractivity contribution in [2.45, 2.75) is 24.7 Å². The van der Waals surface area contributed by atoms with Gasteiger partial charge in [0, 0.05) is 19.2 Å². The number of amides is 1. The third kappa shape index (κ3) is 5.18. The molecule has 0 bridgehead atoms. The molecule has 0 radical (unpaired) electrons. The maximum atomic E-state index is 12.2. The second-order valence-electron chi connectivity index (χ2n) is 5.18. The highest BCUT2D eigenvalue weighted by Crippen LogP contribution is 2.27. The Hall–Kier alpha value is -0.720. The van der Waals surface area contributed by atoms with E-state index in [1.54, 1.807) is 0 Å². The molecule has 0 aliphatic heterocycles. The van der Waals surface area contributed by atoms with Crippen molar-refractivity contribution in [3.05, 3.63) is 56.6 Å². The van der Waals surface area contributed by atoms with Crippen molar-refractivity contribution >= 4 is 57.5 Å². The van der Waals surface area contributed by atoms with Crippen LogP contribution in [-0.2, 0) is 4.79 Å². The van der Waals surface area contributed by atoms with Crippen LogP contribution in [0.2, 0.25) is 5.02 Å². The molecule has 0 unspecified atom stereocenters. The van der Waals surface area contributed by atoms with E-state index >= 15 is 0 Å². The fourth-order valence-corrected chi connectivity index (χ4v) is 3.33. The van der Waals surface area contributed by atoms with Crippen molar-refractivity contribution in [3.8, 4) is 0 Å². The van der Waals surface area contributed by atoms with Crippen LogP contribution in [0.3, 0.4) is 0 Å². The zero-order valence-electron chi connectivity index (χ0n) is 12.4. The summed E-state index contributed by atoms with van der Waals surface area (Å²) >= 11 is 9.64. The lowest BCUT2D eigenvalue weighted by Gasteiger charge is -2.14. The molecule has 0 atom stereocenters. The highest BCUT2D eigenvalue weighted by Gasteiger charge is 2.10. The van der Waals surface area contributed by atoms with E-state index in [0.717, 1.165) is 16.1 Å². The maximum Gasteiger partial charge on any atom is 0.234 e. The number of thioether (sulfide) groups is 1. The van der Waals surface area contributed by atoms with E-state index in [-0.39, 0.29) is 5.91 Å². The smallest absolute Gasteiger partial charge is 0.234 e. The van der Waals surface area contributed by atoms with E-state index in [0.29, 0.717) is 16.7 Å². The zero-order chi connectivity index (χ0) is 16.1. The van der Waals surface area contributed by atoms with Gasteiger partial charge >= 0.3 is 0 Å². The third-order valence-electron chi connectivity index (χ3n) is 3.09. The van der Waals surface area contributed by atoms with E-state index in [9.17, 15) is 4.79 Å². The van der Waals surface area contributed by atoms with Crippen LogP contribution < -0.4 is 5.32 Å². The molecule has 1 N–H and O–H groups in total. The molecule has 22 heavy (non-hydrogen) atoms. The van der Waals surface area contributed by atoms with Crippen LogP contribution in [-0.4, -0.2) is 11.7 Å². The monoisotopic (exact) mass is 445 g/mol. The first kappa shape index (κ1) is 17.6. The first-order valence-corrected chi connectivity index (χ1v) is 9.37. The van der Waals surface area contributed by atoms with E-state index in [1.165, 1.54) is 15.3 Å². The van der Waals surface area contributed by atoms with Crippen molar-refractivity contribution in [1.82, 2.24) is 0 Å². The predicted octanol–water partition coefficient (Wildman–Crippen LogP) is 5.80. The maximum absolute atomic E-state index is 12.2. The predicted molar refractivity (Wildman–Crippen MR) is 104 cm³/mol. The molecule has 2 nitrogen and oxygen atoms in total. The van der Waals surface area contributed by atoms with Gasteiger partial charge in [-0.15, -0.1) is 11.8 Å². The Morgan fingerprint density at radius 3 is 2.55 bits per heavy atom. The summed E-state index contributed by atoms with van der Waals surface area (Å²) in [5.74, 6) is 0.752. The summed E-state index contributed by atoms with van der Waals surface area (Å²) in [4.78, 5) is 13.2. The second-order valence-corrected chi connectivity index (χ2v) is 7.91. The van der Waals surface area contributed by atoms with Crippen LogP contribution in [0.15, 0.2) is 47.4 Å². The Kier molecular flexibility index (Phi) is 6.59. The lowest BCUT2D eigenvalue weighted by atomic mass is 10.0. The van der Waals surface area contributed by atoms with Gasteiger partial charge in [-0.2, -0.15) is 0 Å². The van der Waals surface area contributed by atoms with Gasteiger partial charge in [-0.25, -0.2) is 0 Å². The SMILES string of the molecule is CC(C)c1cc(I)ccc1NC(=O)CSc1ccc(Cl)cc1. The third-order valence-corrected chi connectivity index (χ3v) is 5.03. The van der Waals surface area contributed by atoms with Crippen LogP contribution in [0.5, 0.6) is 0 Å². The summed E-state index contributed by atoms with van der Waals surface area (Å²) in [5.41, 5.74) is 2.06. The van der Waals surface area contributed by atoms with Gasteiger partial charge in [-0.3, -0.25) is 4.79 Å². The van der Waals surface area contributed by atoms with Crippen LogP contribution >= 0.6 is 46.0 Å². The molecule has 2 rings (SSSR count). The number of anilines is 1. The van der Waals surface area contributed by atoms with E-state index in [1.807, 2.05) is 36.4 Å². The minimum absolute atomic E-state index is 0.00283. The normalized spacial score (nSPS) is 10.8. The molecule has 0 fully saturated rings. The van der Waals surface area contributed by atoms with Crippen molar-refractivity contribution in [3.63, 3.8) is 0 Å². The van der Waals surface area contributed by atoms with E-state index in [2.05, 4.69) is 47.8 Å². The van der Waals surface area contributed by atoms with E-state index < -0.39 is 0 Å². The van der Waals surface area contributed by atoms with Gasteiger partial charge in [0.25, 0.3) is 0 Å². The number of rotatable bonds is 5. The van der Waals surface area contributed by atoms with Gasteiger partial charge < -0.3 is 5.32 Å². The molecule has 0 aromatic heterocycles. The minimum Gasteiger partial charge on any atom is -0.325 e. The number of halogens is 2. The molecule has 0 heterocycles. The largest absolute Gasteiger partial charge is 0.325 e. The minimum atomic E-state index is 0.00283. The van der Waals surface area contributed by atoms with Crippen molar-refractivity contribution in [2.75, 3.05) is 11.1 Å². The van der Waals surface area contributed by atoms with Gasteiger partial charge in [0.05, 0.1) is 5.75 Å². The van der Waals surface area contributed by atoms with Gasteiger partial charge in [0.2, 0.25) is 5.91 Å². The summed E-state index contributed by atoms with van der Waals surface area (Å²) in [5, 5.41) is 3.71. The quantitative estimate of drug-likeness (QED) is 0.465. The highest BCUT2D eigenvalue weighted by atomic mass is 127. The Morgan fingerprint density at radius 1 is 1.23 bits per heavy atom. The van der Waals surface area contributed by atoms with Gasteiger partial charge in [0.1, 0.15) is 0 Å². The standard InChI is InChI=1S/C17H17ClINOS/c1-11(2)15-9-13(19)5-8-16(15)20-17(21)10-22-14-6-3-12(18)4-7-14/h3-9,11H,10H2,1-2H3,(H,20,21). The number of carbonyl (C=O) groups excluding carboxylic acids is 1. The first-order valence-electron chi connectivity index (χ1n) is 6.93. The van der Waals surface area contributed by atoms with Crippen molar-refractivity contribution in [1.29, 1.82) is 0 Å². The first-order chi connectivity index (χ1) is 10.5. The molecule has 0 aliphatic rings. The molecule has 116 valence electrons. The average Bonchev–Trinajstić information content (AvgIpc) is 2.48. The average molecular weight is 446 g/mol. The number of hydrogen-bond acceptors (Lipinski definition) is 2. The summed E-state index contributed by atoms with van der Waals surface area (Å²) in [7, 11) is 0.